The average Bonchev–Trinajstić information content (AvgIpc) is 2.28. The summed E-state index contributed by atoms with van der Waals surface area (Å²) in [4.78, 5) is 2.64. The molecule has 2 fully saturated rings. The van der Waals surface area contributed by atoms with Crippen LogP contribution in [0.3, 0.4) is 0 Å². The van der Waals surface area contributed by atoms with Crippen molar-refractivity contribution in [1.82, 2.24) is 4.90 Å². The molecule has 1 saturated carbocycles. The summed E-state index contributed by atoms with van der Waals surface area (Å²) in [5, 5.41) is 0. The van der Waals surface area contributed by atoms with Gasteiger partial charge in [-0.25, -0.2) is 0 Å². The van der Waals surface area contributed by atoms with Crippen molar-refractivity contribution in [3.05, 3.63) is 0 Å². The van der Waals surface area contributed by atoms with Crippen LogP contribution in [0.4, 0.5) is 0 Å². The minimum absolute atomic E-state index is 0.236. The van der Waals surface area contributed by atoms with E-state index in [1.165, 1.54) is 19.3 Å². The number of rotatable bonds is 2. The second-order valence-electron chi connectivity index (χ2n) is 6.40. The fraction of sp³-hybridized carbons (Fsp3) is 1.00. The Balaban J connectivity index is 2.16. The number of hydrogen-bond donors (Lipinski definition) is 1. The van der Waals surface area contributed by atoms with Gasteiger partial charge in [0.25, 0.3) is 0 Å². The number of nitrogens with two attached hydrogens (primary N) is 1. The maximum Gasteiger partial charge on any atom is 0.0620 e. The summed E-state index contributed by atoms with van der Waals surface area (Å²) >= 11 is 0. The van der Waals surface area contributed by atoms with Gasteiger partial charge in [-0.2, -0.15) is 0 Å². The maximum absolute atomic E-state index is 6.17. The van der Waals surface area contributed by atoms with E-state index in [-0.39, 0.29) is 5.54 Å². The Bertz CT molecular complexity index is 247. The van der Waals surface area contributed by atoms with E-state index in [4.69, 9.17) is 10.5 Å². The lowest BCUT2D eigenvalue weighted by atomic mass is 9.70. The molecular formula is C14H28N2O. The van der Waals surface area contributed by atoms with Crippen molar-refractivity contribution in [2.45, 2.75) is 51.6 Å². The normalized spacial score (nSPS) is 44.8. The summed E-state index contributed by atoms with van der Waals surface area (Å²) in [6, 6.07) is 0.518. The summed E-state index contributed by atoms with van der Waals surface area (Å²) in [5.74, 6) is 1.61. The Morgan fingerprint density at radius 2 is 1.88 bits per heavy atom. The Morgan fingerprint density at radius 3 is 2.41 bits per heavy atom. The van der Waals surface area contributed by atoms with Crippen molar-refractivity contribution < 1.29 is 4.74 Å². The zero-order valence-electron chi connectivity index (χ0n) is 11.6. The van der Waals surface area contributed by atoms with Crippen LogP contribution in [-0.4, -0.2) is 42.8 Å². The predicted molar refractivity (Wildman–Crippen MR) is 71.0 cm³/mol. The largest absolute Gasteiger partial charge is 0.379 e. The Kier molecular flexibility index (Phi) is 4.11. The van der Waals surface area contributed by atoms with E-state index in [0.717, 1.165) is 38.1 Å². The molecule has 0 aromatic carbocycles. The first kappa shape index (κ1) is 13.3. The molecule has 2 rings (SSSR count). The van der Waals surface area contributed by atoms with E-state index in [1.807, 2.05) is 0 Å². The van der Waals surface area contributed by atoms with Crippen LogP contribution in [0.2, 0.25) is 0 Å². The molecule has 0 bridgehead atoms. The molecule has 0 radical (unpaired) electrons. The lowest BCUT2D eigenvalue weighted by Gasteiger charge is -2.53. The molecule has 100 valence electrons. The maximum atomic E-state index is 6.17. The Labute approximate surface area is 106 Å². The van der Waals surface area contributed by atoms with Crippen LogP contribution >= 0.6 is 0 Å². The molecule has 0 spiro atoms. The molecule has 2 aliphatic rings. The molecule has 3 atom stereocenters. The van der Waals surface area contributed by atoms with Gasteiger partial charge in [0.15, 0.2) is 0 Å². The Hall–Kier alpha value is -0.120. The van der Waals surface area contributed by atoms with Gasteiger partial charge in [-0.3, -0.25) is 4.90 Å². The van der Waals surface area contributed by atoms with Gasteiger partial charge in [0.2, 0.25) is 0 Å². The van der Waals surface area contributed by atoms with Crippen LogP contribution < -0.4 is 5.73 Å². The number of morpholine rings is 1. The standard InChI is InChI=1S/C14H28N2O/c1-11-6-12(2)8-14(7-11,10-15)16-4-5-17-9-13(16)3/h11-13H,4-10,15H2,1-3H3. The lowest BCUT2D eigenvalue weighted by molar-refractivity contribution is -0.0812. The fourth-order valence-electron chi connectivity index (χ4n) is 4.18. The molecule has 1 aliphatic carbocycles. The lowest BCUT2D eigenvalue weighted by Crippen LogP contribution is -2.63. The number of hydrogen-bond acceptors (Lipinski definition) is 3. The van der Waals surface area contributed by atoms with Crippen LogP contribution in [0.25, 0.3) is 0 Å². The zero-order valence-corrected chi connectivity index (χ0v) is 11.6. The van der Waals surface area contributed by atoms with Gasteiger partial charge >= 0.3 is 0 Å². The van der Waals surface area contributed by atoms with Crippen molar-refractivity contribution in [2.75, 3.05) is 26.3 Å². The smallest absolute Gasteiger partial charge is 0.0620 e. The van der Waals surface area contributed by atoms with Gasteiger partial charge in [-0.15, -0.1) is 0 Å². The minimum atomic E-state index is 0.236. The first-order valence-electron chi connectivity index (χ1n) is 7.12. The molecule has 1 saturated heterocycles. The molecule has 0 aromatic heterocycles. The molecule has 0 aromatic rings. The molecule has 17 heavy (non-hydrogen) atoms. The molecule has 0 amide bonds. The van der Waals surface area contributed by atoms with Crippen molar-refractivity contribution in [3.8, 4) is 0 Å². The third kappa shape index (κ3) is 2.67. The third-order valence-corrected chi connectivity index (χ3v) is 4.62. The van der Waals surface area contributed by atoms with Gasteiger partial charge in [0, 0.05) is 24.7 Å². The van der Waals surface area contributed by atoms with Crippen LogP contribution in [0.5, 0.6) is 0 Å². The monoisotopic (exact) mass is 240 g/mol. The number of nitrogens with zero attached hydrogens (tertiary/aromatic N) is 1. The van der Waals surface area contributed by atoms with Gasteiger partial charge in [-0.05, 0) is 38.0 Å². The van der Waals surface area contributed by atoms with E-state index in [0.29, 0.717) is 6.04 Å². The van der Waals surface area contributed by atoms with Crippen LogP contribution in [0.15, 0.2) is 0 Å². The van der Waals surface area contributed by atoms with Crippen molar-refractivity contribution in [1.29, 1.82) is 0 Å². The first-order chi connectivity index (χ1) is 8.07. The SMILES string of the molecule is CC1CC(C)CC(CN)(N2CCOCC2C)C1. The topological polar surface area (TPSA) is 38.5 Å². The molecule has 1 heterocycles. The second kappa shape index (κ2) is 5.25. The molecule has 3 unspecified atom stereocenters. The molecule has 3 heteroatoms. The summed E-state index contributed by atoms with van der Waals surface area (Å²) in [7, 11) is 0. The second-order valence-corrected chi connectivity index (χ2v) is 6.40. The van der Waals surface area contributed by atoms with Crippen molar-refractivity contribution in [2.24, 2.45) is 17.6 Å². The number of ether oxygens (including phenoxy) is 1. The highest BCUT2D eigenvalue weighted by molar-refractivity contribution is 5.00. The van der Waals surface area contributed by atoms with Gasteiger partial charge in [-0.1, -0.05) is 13.8 Å². The summed E-state index contributed by atoms with van der Waals surface area (Å²) < 4.78 is 5.56. The molecule has 3 nitrogen and oxygen atoms in total. The molecular weight excluding hydrogens is 212 g/mol. The first-order valence-corrected chi connectivity index (χ1v) is 7.12. The van der Waals surface area contributed by atoms with Crippen molar-refractivity contribution >= 4 is 0 Å². The summed E-state index contributed by atoms with van der Waals surface area (Å²) in [5.41, 5.74) is 6.41. The fourth-order valence-corrected chi connectivity index (χ4v) is 4.18. The quantitative estimate of drug-likeness (QED) is 0.800. The minimum Gasteiger partial charge on any atom is -0.379 e. The van der Waals surface area contributed by atoms with E-state index < -0.39 is 0 Å². The van der Waals surface area contributed by atoms with Crippen LogP contribution in [-0.2, 0) is 4.74 Å². The van der Waals surface area contributed by atoms with Gasteiger partial charge in [0.1, 0.15) is 0 Å². The van der Waals surface area contributed by atoms with E-state index in [2.05, 4.69) is 25.7 Å². The molecule has 1 aliphatic heterocycles. The summed E-state index contributed by atoms with van der Waals surface area (Å²) in [6.45, 7) is 10.6. The highest BCUT2D eigenvalue weighted by Gasteiger charge is 2.43. The zero-order chi connectivity index (χ0) is 12.5. The van der Waals surface area contributed by atoms with Crippen molar-refractivity contribution in [3.63, 3.8) is 0 Å². The average molecular weight is 240 g/mol. The van der Waals surface area contributed by atoms with Gasteiger partial charge in [0.05, 0.1) is 13.2 Å². The molecule has 2 N–H and O–H groups in total. The predicted octanol–water partition coefficient (Wildman–Crippen LogP) is 1.86. The Morgan fingerprint density at radius 1 is 1.24 bits per heavy atom. The van der Waals surface area contributed by atoms with E-state index in [1.54, 1.807) is 0 Å². The highest BCUT2D eigenvalue weighted by Crippen LogP contribution is 2.40. The van der Waals surface area contributed by atoms with Crippen LogP contribution in [0.1, 0.15) is 40.0 Å². The third-order valence-electron chi connectivity index (χ3n) is 4.62. The van der Waals surface area contributed by atoms with Crippen LogP contribution in [0, 0.1) is 11.8 Å². The van der Waals surface area contributed by atoms with E-state index in [9.17, 15) is 0 Å². The van der Waals surface area contributed by atoms with E-state index >= 15 is 0 Å². The summed E-state index contributed by atoms with van der Waals surface area (Å²) in [6.07, 6.45) is 3.89. The highest BCUT2D eigenvalue weighted by atomic mass is 16.5. The van der Waals surface area contributed by atoms with Gasteiger partial charge < -0.3 is 10.5 Å².